The predicted octanol–water partition coefficient (Wildman–Crippen LogP) is 5.00. The number of aromatic nitrogens is 2. The smallest absolute Gasteiger partial charge is 0.323 e. The zero-order valence-electron chi connectivity index (χ0n) is 23.6. The fraction of sp³-hybridized carbons (Fsp3) is 0.200. The fourth-order valence-electron chi connectivity index (χ4n) is 4.66. The van der Waals surface area contributed by atoms with Crippen LogP contribution in [0.15, 0.2) is 92.7 Å². The molecule has 222 valence electrons. The lowest BCUT2D eigenvalue weighted by molar-refractivity contribution is 0.102. The number of phenolic OH excluding ortho intramolecular Hbond substituents is 1. The zero-order valence-corrected chi connectivity index (χ0v) is 24.4. The number of fused-ring (bicyclic) bond motifs is 2. The van der Waals surface area contributed by atoms with Gasteiger partial charge in [-0.05, 0) is 67.0 Å². The van der Waals surface area contributed by atoms with Crippen LogP contribution >= 0.6 is 0 Å². The number of sulfonamides is 1. The van der Waals surface area contributed by atoms with Gasteiger partial charge in [0, 0.05) is 24.2 Å². The van der Waals surface area contributed by atoms with Crippen molar-refractivity contribution in [1.29, 1.82) is 0 Å². The summed E-state index contributed by atoms with van der Waals surface area (Å²) in [6, 6.07) is 19.5. The minimum Gasteiger partial charge on any atom is -0.505 e. The van der Waals surface area contributed by atoms with Gasteiger partial charge in [-0.15, -0.1) is 5.11 Å². The summed E-state index contributed by atoms with van der Waals surface area (Å²) in [7, 11) is -3.70. The summed E-state index contributed by atoms with van der Waals surface area (Å²) < 4.78 is 28.0. The van der Waals surface area contributed by atoms with Crippen molar-refractivity contribution in [2.45, 2.75) is 18.7 Å². The van der Waals surface area contributed by atoms with Crippen LogP contribution in [0, 0.1) is 0 Å². The number of nitrogens with zero attached hydrogens (tertiary/aromatic N) is 3. The maximum absolute atomic E-state index is 13.2. The summed E-state index contributed by atoms with van der Waals surface area (Å²) in [5.41, 5.74) is 1.59. The fourth-order valence-corrected chi connectivity index (χ4v) is 5.68. The highest BCUT2D eigenvalue weighted by Gasteiger charge is 2.19. The lowest BCUT2D eigenvalue weighted by Crippen LogP contribution is -2.34. The van der Waals surface area contributed by atoms with Gasteiger partial charge < -0.3 is 25.3 Å². The number of aromatic amines is 2. The Morgan fingerprint density at radius 1 is 0.930 bits per heavy atom. The number of hydrogen-bond donors (Lipinski definition) is 5. The molecule has 1 amide bonds. The average Bonchev–Trinajstić information content (AvgIpc) is 3.38. The largest absolute Gasteiger partial charge is 0.505 e. The molecular weight excluding hydrogens is 570 g/mol. The number of hydrogen-bond acceptors (Lipinski definition) is 8. The van der Waals surface area contributed by atoms with E-state index < -0.39 is 15.9 Å². The first-order valence-electron chi connectivity index (χ1n) is 13.7. The third-order valence-electron chi connectivity index (χ3n) is 7.04. The standard InChI is InChI=1S/C30H31N7O5S/c1-3-37(4-2)16-15-31-43(41,42)22-12-9-20(10-13-22)35-36-27-23-8-6-5-7-19(23)17-24(28(27)38)29(39)32-21-11-14-25-26(18-21)34-30(40)33-25/h5-14,17-18,31,38H,3-4,15-16H2,1-2H3,(H,32,39)(H2,33,34,40). The van der Waals surface area contributed by atoms with Crippen LogP contribution in [0.25, 0.3) is 21.8 Å². The van der Waals surface area contributed by atoms with Gasteiger partial charge >= 0.3 is 5.69 Å². The number of azo groups is 1. The van der Waals surface area contributed by atoms with E-state index in [0.29, 0.717) is 46.3 Å². The lowest BCUT2D eigenvalue weighted by atomic mass is 10.0. The number of amides is 1. The number of carbonyl (C=O) groups is 1. The molecule has 0 saturated carbocycles. The Morgan fingerprint density at radius 3 is 2.40 bits per heavy atom. The van der Waals surface area contributed by atoms with Crippen LogP contribution in [0.3, 0.4) is 0 Å². The van der Waals surface area contributed by atoms with Gasteiger partial charge in [0.25, 0.3) is 5.91 Å². The molecule has 5 aromatic rings. The number of phenols is 1. The Labute approximate surface area is 247 Å². The van der Waals surface area contributed by atoms with Crippen LogP contribution in [0.4, 0.5) is 17.1 Å². The van der Waals surface area contributed by atoms with Gasteiger partial charge in [-0.25, -0.2) is 17.9 Å². The van der Waals surface area contributed by atoms with Crippen LogP contribution in [-0.2, 0) is 10.0 Å². The van der Waals surface area contributed by atoms with Crippen LogP contribution in [-0.4, -0.2) is 60.5 Å². The van der Waals surface area contributed by atoms with Crippen molar-refractivity contribution < 1.29 is 18.3 Å². The van der Waals surface area contributed by atoms with Gasteiger partial charge in [-0.3, -0.25) is 4.79 Å². The van der Waals surface area contributed by atoms with E-state index in [2.05, 4.69) is 35.1 Å². The molecule has 0 spiro atoms. The third-order valence-corrected chi connectivity index (χ3v) is 8.52. The molecule has 4 aromatic carbocycles. The van der Waals surface area contributed by atoms with Crippen molar-refractivity contribution in [2.24, 2.45) is 10.2 Å². The number of anilines is 1. The highest BCUT2D eigenvalue weighted by atomic mass is 32.2. The highest BCUT2D eigenvalue weighted by Crippen LogP contribution is 2.39. The topological polar surface area (TPSA) is 172 Å². The quantitative estimate of drug-likeness (QED) is 0.133. The molecule has 13 heteroatoms. The number of imidazole rings is 1. The normalized spacial score (nSPS) is 12.1. The molecule has 43 heavy (non-hydrogen) atoms. The molecule has 0 aliphatic carbocycles. The first-order chi connectivity index (χ1) is 20.7. The number of rotatable bonds is 11. The predicted molar refractivity (Wildman–Crippen MR) is 166 cm³/mol. The lowest BCUT2D eigenvalue weighted by Gasteiger charge is -2.18. The second kappa shape index (κ2) is 12.6. The summed E-state index contributed by atoms with van der Waals surface area (Å²) >= 11 is 0. The minimum absolute atomic E-state index is 0.0208. The molecule has 0 saturated heterocycles. The van der Waals surface area contributed by atoms with Gasteiger partial charge in [-0.2, -0.15) is 5.11 Å². The van der Waals surface area contributed by atoms with Crippen LogP contribution in [0.5, 0.6) is 5.75 Å². The molecule has 5 N–H and O–H groups in total. The van der Waals surface area contributed by atoms with E-state index >= 15 is 0 Å². The van der Waals surface area contributed by atoms with E-state index in [0.717, 1.165) is 13.1 Å². The van der Waals surface area contributed by atoms with Gasteiger partial charge in [-0.1, -0.05) is 38.1 Å². The summed E-state index contributed by atoms with van der Waals surface area (Å²) in [4.78, 5) is 32.3. The molecule has 5 rings (SSSR count). The molecule has 1 heterocycles. The number of nitrogens with one attached hydrogen (secondary N) is 4. The maximum Gasteiger partial charge on any atom is 0.323 e. The van der Waals surface area contributed by atoms with E-state index in [1.54, 1.807) is 48.5 Å². The molecule has 1 aromatic heterocycles. The zero-order chi connectivity index (χ0) is 30.6. The molecule has 0 unspecified atom stereocenters. The van der Waals surface area contributed by atoms with E-state index in [1.807, 2.05) is 13.8 Å². The molecule has 0 aliphatic rings. The second-order valence-corrected chi connectivity index (χ2v) is 11.5. The Bertz CT molecular complexity index is 1980. The molecule has 12 nitrogen and oxygen atoms in total. The van der Waals surface area contributed by atoms with E-state index in [-0.39, 0.29) is 27.6 Å². The molecule has 0 aliphatic heterocycles. The van der Waals surface area contributed by atoms with E-state index in [9.17, 15) is 23.1 Å². The minimum atomic E-state index is -3.70. The monoisotopic (exact) mass is 601 g/mol. The Kier molecular flexibility index (Phi) is 8.66. The van der Waals surface area contributed by atoms with Crippen molar-refractivity contribution in [3.63, 3.8) is 0 Å². The van der Waals surface area contributed by atoms with Crippen molar-refractivity contribution in [2.75, 3.05) is 31.5 Å². The SMILES string of the molecule is CCN(CC)CCNS(=O)(=O)c1ccc(N=Nc2c(O)c(C(=O)Nc3ccc4[nH]c(=O)[nH]c4c3)cc3ccccc23)cc1. The van der Waals surface area contributed by atoms with Crippen molar-refractivity contribution >= 4 is 54.8 Å². The third kappa shape index (κ3) is 6.64. The molecular formula is C30H31N7O5S. The summed E-state index contributed by atoms with van der Waals surface area (Å²) in [6.45, 7) is 6.62. The van der Waals surface area contributed by atoms with Crippen LogP contribution in [0.2, 0.25) is 0 Å². The van der Waals surface area contributed by atoms with Gasteiger partial charge in [0.2, 0.25) is 10.0 Å². The van der Waals surface area contributed by atoms with Crippen LogP contribution < -0.4 is 15.7 Å². The number of H-pyrrole nitrogens is 2. The summed E-state index contributed by atoms with van der Waals surface area (Å²) in [6.07, 6.45) is 0. The summed E-state index contributed by atoms with van der Waals surface area (Å²) in [5.74, 6) is -0.951. The first kappa shape index (κ1) is 29.6. The first-order valence-corrected chi connectivity index (χ1v) is 15.2. The number of likely N-dealkylation sites (N-methyl/N-ethyl adjacent to an activating group) is 1. The Hall–Kier alpha value is -4.85. The highest BCUT2D eigenvalue weighted by molar-refractivity contribution is 7.89. The van der Waals surface area contributed by atoms with Crippen molar-refractivity contribution in [1.82, 2.24) is 19.6 Å². The maximum atomic E-state index is 13.2. The van der Waals surface area contributed by atoms with Crippen molar-refractivity contribution in [3.05, 3.63) is 88.8 Å². The molecule has 0 radical (unpaired) electrons. The number of aromatic hydroxyl groups is 1. The number of benzene rings is 4. The second-order valence-electron chi connectivity index (χ2n) is 9.75. The Morgan fingerprint density at radius 2 is 1.65 bits per heavy atom. The Balaban J connectivity index is 1.38. The van der Waals surface area contributed by atoms with Gasteiger partial charge in [0.05, 0.1) is 27.2 Å². The number of carbonyl (C=O) groups excluding carboxylic acids is 1. The summed E-state index contributed by atoms with van der Waals surface area (Å²) in [5, 5.41) is 23.6. The van der Waals surface area contributed by atoms with Gasteiger partial charge in [0.1, 0.15) is 5.69 Å². The molecule has 0 bridgehead atoms. The van der Waals surface area contributed by atoms with Gasteiger partial charge in [0.15, 0.2) is 5.75 Å². The van der Waals surface area contributed by atoms with E-state index in [1.165, 1.54) is 24.3 Å². The molecule has 0 fully saturated rings. The molecule has 0 atom stereocenters. The van der Waals surface area contributed by atoms with Crippen molar-refractivity contribution in [3.8, 4) is 5.75 Å². The van der Waals surface area contributed by atoms with E-state index in [4.69, 9.17) is 0 Å². The average molecular weight is 602 g/mol. The van der Waals surface area contributed by atoms with Crippen LogP contribution in [0.1, 0.15) is 24.2 Å².